The van der Waals surface area contributed by atoms with E-state index in [-0.39, 0.29) is 5.78 Å². The van der Waals surface area contributed by atoms with Crippen molar-refractivity contribution >= 4 is 5.78 Å². The van der Waals surface area contributed by atoms with Crippen LogP contribution in [0, 0.1) is 0 Å². The van der Waals surface area contributed by atoms with Gasteiger partial charge in [0.15, 0.2) is 5.78 Å². The van der Waals surface area contributed by atoms with Crippen molar-refractivity contribution < 1.29 is 9.90 Å². The third-order valence-electron chi connectivity index (χ3n) is 2.18. The third kappa shape index (κ3) is 1.14. The van der Waals surface area contributed by atoms with Crippen LogP contribution in [0.4, 0.5) is 0 Å². The Labute approximate surface area is 70.8 Å². The minimum atomic E-state index is -1.03. The second kappa shape index (κ2) is 2.42. The van der Waals surface area contributed by atoms with Gasteiger partial charge in [-0.25, -0.2) is 0 Å². The maximum atomic E-state index is 11.5. The maximum Gasteiger partial charge on any atom is 0.194 e. The quantitative estimate of drug-likeness (QED) is 0.667. The van der Waals surface area contributed by atoms with E-state index in [4.69, 9.17) is 0 Å². The molecule has 62 valence electrons. The zero-order valence-electron chi connectivity index (χ0n) is 6.66. The third-order valence-corrected chi connectivity index (χ3v) is 2.18. The van der Waals surface area contributed by atoms with Crippen LogP contribution in [-0.4, -0.2) is 16.5 Å². The molecule has 0 amide bonds. The zero-order valence-corrected chi connectivity index (χ0v) is 6.66. The van der Waals surface area contributed by atoms with Gasteiger partial charge in [-0.2, -0.15) is 0 Å². The Bertz CT molecular complexity index is 299. The van der Waals surface area contributed by atoms with Crippen LogP contribution < -0.4 is 0 Å². The van der Waals surface area contributed by atoms with Crippen molar-refractivity contribution in [3.05, 3.63) is 35.9 Å². The van der Waals surface area contributed by atoms with Crippen LogP contribution in [0.15, 0.2) is 30.3 Å². The lowest BCUT2D eigenvalue weighted by Crippen LogP contribution is -2.21. The first kappa shape index (κ1) is 7.50. The van der Waals surface area contributed by atoms with Crippen LogP contribution >= 0.6 is 0 Å². The van der Waals surface area contributed by atoms with E-state index in [9.17, 15) is 9.90 Å². The normalized spacial score (nSPS) is 18.8. The molecular formula is C10H10O2. The van der Waals surface area contributed by atoms with Crippen LogP contribution in [0.2, 0.25) is 0 Å². The second-order valence-electron chi connectivity index (χ2n) is 3.23. The van der Waals surface area contributed by atoms with Gasteiger partial charge in [0.2, 0.25) is 0 Å². The molecule has 12 heavy (non-hydrogen) atoms. The van der Waals surface area contributed by atoms with Crippen molar-refractivity contribution in [1.29, 1.82) is 0 Å². The summed E-state index contributed by atoms with van der Waals surface area (Å²) in [6.07, 6.45) is 1.22. The smallest absolute Gasteiger partial charge is 0.194 e. The Morgan fingerprint density at radius 1 is 1.25 bits per heavy atom. The molecule has 1 aliphatic rings. The lowest BCUT2D eigenvalue weighted by molar-refractivity contribution is 0.0690. The van der Waals surface area contributed by atoms with Crippen LogP contribution in [0.25, 0.3) is 0 Å². The number of hydrogen-bond donors (Lipinski definition) is 1. The summed E-state index contributed by atoms with van der Waals surface area (Å²) in [6, 6.07) is 8.93. The average Bonchev–Trinajstić information content (AvgIpc) is 2.85. The molecule has 1 saturated carbocycles. The first-order chi connectivity index (χ1) is 5.72. The summed E-state index contributed by atoms with van der Waals surface area (Å²) in [6.45, 7) is 0. The van der Waals surface area contributed by atoms with Crippen molar-refractivity contribution in [2.24, 2.45) is 0 Å². The van der Waals surface area contributed by atoms with E-state index in [1.54, 1.807) is 24.3 Å². The van der Waals surface area contributed by atoms with Crippen molar-refractivity contribution in [2.75, 3.05) is 0 Å². The molecule has 0 aromatic heterocycles. The van der Waals surface area contributed by atoms with Gasteiger partial charge in [0.05, 0.1) is 0 Å². The van der Waals surface area contributed by atoms with Gasteiger partial charge in [-0.15, -0.1) is 0 Å². The van der Waals surface area contributed by atoms with Crippen molar-refractivity contribution in [1.82, 2.24) is 0 Å². The molecule has 1 aliphatic carbocycles. The monoisotopic (exact) mass is 162 g/mol. The van der Waals surface area contributed by atoms with E-state index in [2.05, 4.69) is 0 Å². The molecule has 0 aliphatic heterocycles. The number of Topliss-reactive ketones (excluding diaryl/α,β-unsaturated/α-hetero) is 1. The Hall–Kier alpha value is -1.15. The number of aliphatic hydroxyl groups is 1. The number of carbonyl (C=O) groups is 1. The molecule has 2 heteroatoms. The minimum Gasteiger partial charge on any atom is -0.382 e. The molecule has 1 fully saturated rings. The van der Waals surface area contributed by atoms with Crippen LogP contribution in [0.1, 0.15) is 23.2 Å². The fourth-order valence-corrected chi connectivity index (χ4v) is 1.20. The van der Waals surface area contributed by atoms with Crippen LogP contribution in [-0.2, 0) is 0 Å². The van der Waals surface area contributed by atoms with Gasteiger partial charge in [-0.3, -0.25) is 4.79 Å². The van der Waals surface area contributed by atoms with Gasteiger partial charge in [-0.05, 0) is 12.8 Å². The van der Waals surface area contributed by atoms with Crippen LogP contribution in [0.5, 0.6) is 0 Å². The van der Waals surface area contributed by atoms with Gasteiger partial charge in [-0.1, -0.05) is 30.3 Å². The van der Waals surface area contributed by atoms with E-state index < -0.39 is 5.60 Å². The van der Waals surface area contributed by atoms with Crippen LogP contribution in [0.3, 0.4) is 0 Å². The lowest BCUT2D eigenvalue weighted by Gasteiger charge is -2.04. The lowest BCUT2D eigenvalue weighted by atomic mass is 10.1. The molecule has 0 heterocycles. The number of carbonyl (C=O) groups excluding carboxylic acids is 1. The van der Waals surface area contributed by atoms with Gasteiger partial charge < -0.3 is 5.11 Å². The standard InChI is InChI=1S/C10H10O2/c11-9(10(12)6-7-10)8-4-2-1-3-5-8/h1-5,12H,6-7H2. The van der Waals surface area contributed by atoms with E-state index in [0.29, 0.717) is 18.4 Å². The molecule has 1 aromatic rings. The predicted molar refractivity (Wildman–Crippen MR) is 45.0 cm³/mol. The summed E-state index contributed by atoms with van der Waals surface area (Å²) >= 11 is 0. The Morgan fingerprint density at radius 3 is 2.33 bits per heavy atom. The SMILES string of the molecule is O=C(c1ccccc1)C1(O)CC1. The summed E-state index contributed by atoms with van der Waals surface area (Å²) in [4.78, 5) is 11.5. The van der Waals surface area contributed by atoms with Crippen molar-refractivity contribution in [3.8, 4) is 0 Å². The van der Waals surface area contributed by atoms with E-state index in [1.807, 2.05) is 6.07 Å². The van der Waals surface area contributed by atoms with Gasteiger partial charge in [0.1, 0.15) is 5.60 Å². The van der Waals surface area contributed by atoms with E-state index in [0.717, 1.165) is 0 Å². The summed E-state index contributed by atoms with van der Waals surface area (Å²) in [5.41, 5.74) is -0.418. The summed E-state index contributed by atoms with van der Waals surface area (Å²) in [7, 11) is 0. The summed E-state index contributed by atoms with van der Waals surface area (Å²) in [5.74, 6) is -0.136. The summed E-state index contributed by atoms with van der Waals surface area (Å²) < 4.78 is 0. The largest absolute Gasteiger partial charge is 0.382 e. The molecule has 2 nitrogen and oxygen atoms in total. The molecule has 1 N–H and O–H groups in total. The van der Waals surface area contributed by atoms with E-state index >= 15 is 0 Å². The predicted octanol–water partition coefficient (Wildman–Crippen LogP) is 1.39. The van der Waals surface area contributed by atoms with Crippen molar-refractivity contribution in [3.63, 3.8) is 0 Å². The molecule has 0 unspecified atom stereocenters. The second-order valence-corrected chi connectivity index (χ2v) is 3.23. The minimum absolute atomic E-state index is 0.136. The number of benzene rings is 1. The molecule has 2 rings (SSSR count). The first-order valence-electron chi connectivity index (χ1n) is 4.05. The Balaban J connectivity index is 2.26. The highest BCUT2D eigenvalue weighted by molar-refractivity contribution is 6.04. The maximum absolute atomic E-state index is 11.5. The molecule has 0 bridgehead atoms. The van der Waals surface area contributed by atoms with Crippen molar-refractivity contribution in [2.45, 2.75) is 18.4 Å². The molecule has 0 atom stereocenters. The molecule has 1 aromatic carbocycles. The van der Waals surface area contributed by atoms with E-state index in [1.165, 1.54) is 0 Å². The first-order valence-corrected chi connectivity index (χ1v) is 4.05. The zero-order chi connectivity index (χ0) is 8.60. The Kier molecular flexibility index (Phi) is 1.51. The average molecular weight is 162 g/mol. The summed E-state index contributed by atoms with van der Waals surface area (Å²) in [5, 5.41) is 9.50. The fraction of sp³-hybridized carbons (Fsp3) is 0.300. The van der Waals surface area contributed by atoms with Gasteiger partial charge >= 0.3 is 0 Å². The highest BCUT2D eigenvalue weighted by Crippen LogP contribution is 2.37. The molecule has 0 radical (unpaired) electrons. The van der Waals surface area contributed by atoms with Gasteiger partial charge in [0, 0.05) is 5.56 Å². The highest BCUT2D eigenvalue weighted by atomic mass is 16.3. The van der Waals surface area contributed by atoms with Gasteiger partial charge in [0.25, 0.3) is 0 Å². The molecular weight excluding hydrogens is 152 g/mol. The topological polar surface area (TPSA) is 37.3 Å². The Morgan fingerprint density at radius 2 is 1.83 bits per heavy atom. The molecule has 0 saturated heterocycles. The highest BCUT2D eigenvalue weighted by Gasteiger charge is 2.47. The number of rotatable bonds is 2. The fourth-order valence-electron chi connectivity index (χ4n) is 1.20. The number of hydrogen-bond acceptors (Lipinski definition) is 2. The molecule has 0 spiro atoms. The number of ketones is 1.